The average molecular weight is 164 g/mol. The molecule has 0 aromatic rings. The van der Waals surface area contributed by atoms with Crippen LogP contribution in [0, 0.1) is 22.7 Å². The van der Waals surface area contributed by atoms with E-state index >= 15 is 0 Å². The summed E-state index contributed by atoms with van der Waals surface area (Å²) in [5, 5.41) is 32.3. The summed E-state index contributed by atoms with van der Waals surface area (Å²) in [5.74, 6) is -3.38. The Morgan fingerprint density at radius 1 is 1.00 bits per heavy atom. The molecule has 52 valence electrons. The molecule has 0 atom stereocenters. The third kappa shape index (κ3) is 53.8. The zero-order chi connectivity index (χ0) is 8.57. The van der Waals surface area contributed by atoms with E-state index in [1.807, 2.05) is 0 Å². The van der Waals surface area contributed by atoms with Gasteiger partial charge >= 0.3 is 23.1 Å². The normalized spacial score (nSPS) is 4.91. The molecule has 0 aliphatic heterocycles. The molecular formula is C4MgN2O4. The molecule has 0 N–H and O–H groups in total. The number of nitriles is 2. The maximum Gasteiger partial charge on any atom is 2.00 e. The van der Waals surface area contributed by atoms with Gasteiger partial charge in [0.25, 0.3) is 0 Å². The summed E-state index contributed by atoms with van der Waals surface area (Å²) >= 11 is 0. The molecule has 0 saturated heterocycles. The van der Waals surface area contributed by atoms with Gasteiger partial charge in [-0.25, -0.2) is 0 Å². The first-order valence-electron chi connectivity index (χ1n) is 1.76. The molecule has 0 heterocycles. The second-order valence-electron chi connectivity index (χ2n) is 0.799. The molecular weight excluding hydrogens is 164 g/mol. The van der Waals surface area contributed by atoms with Gasteiger partial charge in [0.2, 0.25) is 0 Å². The van der Waals surface area contributed by atoms with Gasteiger partial charge in [-0.05, 0) is 0 Å². The van der Waals surface area contributed by atoms with E-state index < -0.39 is 11.9 Å². The molecule has 6 nitrogen and oxygen atoms in total. The maximum atomic E-state index is 8.90. The largest absolute Gasteiger partial charge is 2.00 e. The van der Waals surface area contributed by atoms with E-state index in [2.05, 4.69) is 0 Å². The Hall–Kier alpha value is -1.31. The second kappa shape index (κ2) is 11.5. The Morgan fingerprint density at radius 3 is 1.09 bits per heavy atom. The van der Waals surface area contributed by atoms with Crippen LogP contribution in [0.3, 0.4) is 0 Å². The quantitative estimate of drug-likeness (QED) is 0.266. The Morgan fingerprint density at radius 2 is 1.09 bits per heavy atom. The number of carboxylic acid groups (broad SMARTS) is 2. The van der Waals surface area contributed by atoms with Crippen molar-refractivity contribution in [1.29, 1.82) is 10.5 Å². The third-order valence-corrected chi connectivity index (χ3v) is 0.183. The number of hydrogen-bond acceptors (Lipinski definition) is 6. The maximum absolute atomic E-state index is 8.90. The first-order chi connectivity index (χ1) is 4.54. The summed E-state index contributed by atoms with van der Waals surface area (Å²) in [6.45, 7) is 0. The average Bonchev–Trinajstić information content (AvgIpc) is 1.89. The minimum Gasteiger partial charge on any atom is -0.535 e. The van der Waals surface area contributed by atoms with Crippen molar-refractivity contribution in [2.75, 3.05) is 0 Å². The number of carbonyl (C=O) groups excluding carboxylic acids is 2. The van der Waals surface area contributed by atoms with Crippen molar-refractivity contribution >= 4 is 35.0 Å². The molecule has 11 heavy (non-hydrogen) atoms. The van der Waals surface area contributed by atoms with Crippen LogP contribution in [0.2, 0.25) is 0 Å². The van der Waals surface area contributed by atoms with E-state index in [4.69, 9.17) is 30.3 Å². The fraction of sp³-hybridized carbons (Fsp3) is 0. The van der Waals surface area contributed by atoms with Gasteiger partial charge in [-0.15, -0.1) is 0 Å². The second-order valence-corrected chi connectivity index (χ2v) is 0.799. The SMILES string of the molecule is N#CC(=O)[O-].N#CC(=O)[O-].[Mg+2]. The van der Waals surface area contributed by atoms with Gasteiger partial charge in [0.15, 0.2) is 0 Å². The molecule has 0 saturated carbocycles. The topological polar surface area (TPSA) is 128 Å². The van der Waals surface area contributed by atoms with Gasteiger partial charge in [-0.3, -0.25) is 0 Å². The summed E-state index contributed by atoms with van der Waals surface area (Å²) in [6, 6.07) is 1.67. The Labute approximate surface area is 77.8 Å². The first kappa shape index (κ1) is 16.3. The van der Waals surface area contributed by atoms with Crippen molar-refractivity contribution in [3.05, 3.63) is 0 Å². The predicted molar refractivity (Wildman–Crippen MR) is 27.0 cm³/mol. The van der Waals surface area contributed by atoms with Gasteiger partial charge in [-0.1, -0.05) is 0 Å². The Bertz CT molecular complexity index is 189. The zero-order valence-corrected chi connectivity index (χ0v) is 6.65. The number of carboxylic acids is 2. The molecule has 0 rings (SSSR count). The zero-order valence-electron chi connectivity index (χ0n) is 5.23. The molecule has 0 bridgehead atoms. The Balaban J connectivity index is -0.000000107. The monoisotopic (exact) mass is 164 g/mol. The van der Waals surface area contributed by atoms with E-state index in [1.54, 1.807) is 0 Å². The molecule has 0 radical (unpaired) electrons. The van der Waals surface area contributed by atoms with Crippen LogP contribution in [0.1, 0.15) is 0 Å². The van der Waals surface area contributed by atoms with Crippen LogP contribution in [-0.4, -0.2) is 35.0 Å². The minimum atomic E-state index is -1.69. The third-order valence-electron chi connectivity index (χ3n) is 0.183. The van der Waals surface area contributed by atoms with Crippen LogP contribution in [0.25, 0.3) is 0 Å². The molecule has 0 spiro atoms. The van der Waals surface area contributed by atoms with Crippen LogP contribution >= 0.6 is 0 Å². The van der Waals surface area contributed by atoms with Gasteiger partial charge in [0.1, 0.15) is 24.1 Å². The van der Waals surface area contributed by atoms with E-state index in [0.717, 1.165) is 12.1 Å². The molecule has 0 aliphatic rings. The van der Waals surface area contributed by atoms with Crippen molar-refractivity contribution in [2.45, 2.75) is 0 Å². The van der Waals surface area contributed by atoms with Crippen molar-refractivity contribution in [3.8, 4) is 12.1 Å². The smallest absolute Gasteiger partial charge is 0.535 e. The van der Waals surface area contributed by atoms with Crippen LogP contribution in [0.5, 0.6) is 0 Å². The van der Waals surface area contributed by atoms with Gasteiger partial charge < -0.3 is 19.8 Å². The first-order valence-corrected chi connectivity index (χ1v) is 1.76. The number of aliphatic carboxylic acids is 2. The standard InChI is InChI=1S/2C2HNO2.Mg/c2*3-1-2(4)5;/h2*(H,4,5);/q;;+2/p-2. The number of hydrogen-bond donors (Lipinski definition) is 0. The van der Waals surface area contributed by atoms with E-state index in [9.17, 15) is 0 Å². The summed E-state index contributed by atoms with van der Waals surface area (Å²) in [5.41, 5.74) is 0. The van der Waals surface area contributed by atoms with E-state index in [1.165, 1.54) is 0 Å². The summed E-state index contributed by atoms with van der Waals surface area (Å²) in [6.07, 6.45) is 0. The fourth-order valence-electron chi connectivity index (χ4n) is 0. The molecule has 0 aliphatic carbocycles. The van der Waals surface area contributed by atoms with Crippen molar-refractivity contribution in [1.82, 2.24) is 0 Å². The Kier molecular flexibility index (Phi) is 17.1. The molecule has 0 aromatic heterocycles. The number of carbonyl (C=O) groups is 2. The van der Waals surface area contributed by atoms with Gasteiger partial charge in [0.05, 0.1) is 0 Å². The summed E-state index contributed by atoms with van der Waals surface area (Å²) < 4.78 is 0. The van der Waals surface area contributed by atoms with Crippen LogP contribution in [-0.2, 0) is 9.59 Å². The molecule has 0 fully saturated rings. The van der Waals surface area contributed by atoms with Gasteiger partial charge in [-0.2, -0.15) is 10.5 Å². The number of nitrogens with zero attached hydrogens (tertiary/aromatic N) is 2. The van der Waals surface area contributed by atoms with E-state index in [-0.39, 0.29) is 23.1 Å². The molecule has 7 heteroatoms. The molecule has 0 amide bonds. The van der Waals surface area contributed by atoms with Crippen molar-refractivity contribution in [2.24, 2.45) is 0 Å². The van der Waals surface area contributed by atoms with Crippen LogP contribution in [0.4, 0.5) is 0 Å². The number of rotatable bonds is 0. The van der Waals surface area contributed by atoms with Crippen molar-refractivity contribution in [3.63, 3.8) is 0 Å². The minimum absolute atomic E-state index is 0. The molecule has 0 unspecified atom stereocenters. The fourth-order valence-corrected chi connectivity index (χ4v) is 0. The van der Waals surface area contributed by atoms with Gasteiger partial charge in [0, 0.05) is 0 Å². The van der Waals surface area contributed by atoms with Crippen LogP contribution in [0.15, 0.2) is 0 Å². The summed E-state index contributed by atoms with van der Waals surface area (Å²) in [7, 11) is 0. The molecule has 0 aromatic carbocycles. The van der Waals surface area contributed by atoms with Crippen molar-refractivity contribution < 1.29 is 19.8 Å². The van der Waals surface area contributed by atoms with E-state index in [0.29, 0.717) is 0 Å². The summed E-state index contributed by atoms with van der Waals surface area (Å²) in [4.78, 5) is 17.8. The predicted octanol–water partition coefficient (Wildman–Crippen LogP) is -3.86. The van der Waals surface area contributed by atoms with Crippen LogP contribution < -0.4 is 10.2 Å².